The maximum Gasteiger partial charge on any atom is 0.408 e. The van der Waals surface area contributed by atoms with Gasteiger partial charge in [0, 0.05) is 12.6 Å². The molecule has 3 rings (SSSR count). The normalized spacial score (nSPS) is 34.9. The molecule has 0 spiro atoms. The zero-order valence-electron chi connectivity index (χ0n) is 9.02. The highest BCUT2D eigenvalue weighted by atomic mass is 16.6. The molecule has 2 heterocycles. The molecule has 0 radical (unpaired) electrons. The maximum absolute atomic E-state index is 11.5. The summed E-state index contributed by atoms with van der Waals surface area (Å²) in [6, 6.07) is 0.616. The van der Waals surface area contributed by atoms with E-state index in [1.165, 1.54) is 0 Å². The van der Waals surface area contributed by atoms with Crippen LogP contribution >= 0.6 is 0 Å². The summed E-state index contributed by atoms with van der Waals surface area (Å²) < 4.78 is 5.21. The fourth-order valence-electron chi connectivity index (χ4n) is 2.18. The zero-order chi connectivity index (χ0) is 10.4. The molecule has 0 unspecified atom stereocenters. The molecule has 4 nitrogen and oxygen atoms in total. The first kappa shape index (κ1) is 9.77. The van der Waals surface area contributed by atoms with Gasteiger partial charge in [-0.1, -0.05) is 0 Å². The molecule has 2 N–H and O–H groups in total. The molecule has 0 aromatic rings. The molecule has 0 atom stereocenters. The van der Waals surface area contributed by atoms with E-state index in [0.717, 1.165) is 19.4 Å². The predicted molar refractivity (Wildman–Crippen MR) is 53.1 cm³/mol. The highest BCUT2D eigenvalue weighted by Crippen LogP contribution is 2.37. The average Bonchev–Trinajstić information content (AvgIpc) is 2.38. The summed E-state index contributed by atoms with van der Waals surface area (Å²) in [6.45, 7) is 6.51. The molecular weight excluding hydrogens is 180 g/mol. The Kier molecular flexibility index (Phi) is 2.00. The van der Waals surface area contributed by atoms with E-state index in [0.29, 0.717) is 6.04 Å². The van der Waals surface area contributed by atoms with Crippen molar-refractivity contribution in [2.24, 2.45) is 0 Å². The molecule has 0 aromatic carbocycles. The molecule has 0 aromatic heterocycles. The van der Waals surface area contributed by atoms with Gasteiger partial charge in [0.15, 0.2) is 0 Å². The van der Waals surface area contributed by atoms with Crippen LogP contribution in [0.2, 0.25) is 0 Å². The standard InChI is InChI=1S/C10H18N2O2/c1-9(2,3)14-8(13)12-10-4-7(5-10)11-6-10/h7,11H,4-6H2,1-3H3,(H,12,13). The van der Waals surface area contributed by atoms with E-state index in [4.69, 9.17) is 4.74 Å². The Morgan fingerprint density at radius 1 is 1.50 bits per heavy atom. The topological polar surface area (TPSA) is 50.4 Å². The summed E-state index contributed by atoms with van der Waals surface area (Å²) in [5, 5.41) is 6.29. The van der Waals surface area contributed by atoms with Gasteiger partial charge in [-0.3, -0.25) is 0 Å². The van der Waals surface area contributed by atoms with Crippen LogP contribution in [-0.4, -0.2) is 29.8 Å². The summed E-state index contributed by atoms with van der Waals surface area (Å²) >= 11 is 0. The van der Waals surface area contributed by atoms with Crippen molar-refractivity contribution in [3.63, 3.8) is 0 Å². The smallest absolute Gasteiger partial charge is 0.408 e. The number of alkyl carbamates (subject to hydrolysis) is 1. The van der Waals surface area contributed by atoms with Gasteiger partial charge in [-0.2, -0.15) is 0 Å². The van der Waals surface area contributed by atoms with E-state index in [1.54, 1.807) is 0 Å². The van der Waals surface area contributed by atoms with Gasteiger partial charge in [0.25, 0.3) is 0 Å². The van der Waals surface area contributed by atoms with Crippen molar-refractivity contribution in [2.75, 3.05) is 6.54 Å². The lowest BCUT2D eigenvalue weighted by Gasteiger charge is -2.37. The van der Waals surface area contributed by atoms with E-state index < -0.39 is 5.60 Å². The van der Waals surface area contributed by atoms with Crippen molar-refractivity contribution in [1.82, 2.24) is 10.6 Å². The Bertz CT molecular complexity index is 246. The third-order valence-electron chi connectivity index (χ3n) is 2.77. The number of hydrogen-bond donors (Lipinski definition) is 2. The second kappa shape index (κ2) is 2.86. The minimum atomic E-state index is -0.407. The van der Waals surface area contributed by atoms with Crippen LogP contribution in [0.1, 0.15) is 33.6 Å². The molecule has 80 valence electrons. The van der Waals surface area contributed by atoms with E-state index in [1.807, 2.05) is 20.8 Å². The molecule has 2 saturated heterocycles. The Balaban J connectivity index is 1.83. The van der Waals surface area contributed by atoms with Crippen molar-refractivity contribution in [3.8, 4) is 0 Å². The van der Waals surface area contributed by atoms with Gasteiger partial charge in [0.05, 0.1) is 5.54 Å². The Hall–Kier alpha value is -0.770. The lowest BCUT2D eigenvalue weighted by Crippen LogP contribution is -2.55. The van der Waals surface area contributed by atoms with Gasteiger partial charge in [-0.05, 0) is 33.6 Å². The minimum absolute atomic E-state index is 0.00694. The van der Waals surface area contributed by atoms with Crippen LogP contribution in [0.15, 0.2) is 0 Å². The van der Waals surface area contributed by atoms with Crippen LogP contribution in [-0.2, 0) is 4.74 Å². The van der Waals surface area contributed by atoms with E-state index >= 15 is 0 Å². The number of hydrogen-bond acceptors (Lipinski definition) is 3. The fraction of sp³-hybridized carbons (Fsp3) is 0.900. The van der Waals surface area contributed by atoms with Crippen molar-refractivity contribution < 1.29 is 9.53 Å². The fourth-order valence-corrected chi connectivity index (χ4v) is 2.18. The minimum Gasteiger partial charge on any atom is -0.444 e. The van der Waals surface area contributed by atoms with Gasteiger partial charge in [0.2, 0.25) is 0 Å². The Morgan fingerprint density at radius 2 is 2.14 bits per heavy atom. The number of ether oxygens (including phenoxy) is 1. The number of fused-ring (bicyclic) bond motifs is 1. The second-order valence-electron chi connectivity index (χ2n) is 5.39. The molecule has 3 aliphatic rings. The van der Waals surface area contributed by atoms with Gasteiger partial charge in [-0.25, -0.2) is 4.79 Å². The molecule has 2 bridgehead atoms. The first-order chi connectivity index (χ1) is 6.39. The quantitative estimate of drug-likeness (QED) is 0.661. The summed E-state index contributed by atoms with van der Waals surface area (Å²) in [5.74, 6) is 0. The van der Waals surface area contributed by atoms with Crippen molar-refractivity contribution in [1.29, 1.82) is 0 Å². The molecule has 1 saturated carbocycles. The molecule has 2 aliphatic heterocycles. The van der Waals surface area contributed by atoms with E-state index in [9.17, 15) is 4.79 Å². The van der Waals surface area contributed by atoms with Gasteiger partial charge < -0.3 is 15.4 Å². The highest BCUT2D eigenvalue weighted by molar-refractivity contribution is 5.69. The number of nitrogens with one attached hydrogen (secondary N) is 2. The second-order valence-corrected chi connectivity index (χ2v) is 5.39. The summed E-state index contributed by atoms with van der Waals surface area (Å²) in [5.41, 5.74) is -0.414. The van der Waals surface area contributed by atoms with E-state index in [-0.39, 0.29) is 11.6 Å². The first-order valence-electron chi connectivity index (χ1n) is 5.13. The van der Waals surface area contributed by atoms with Crippen LogP contribution in [0, 0.1) is 0 Å². The van der Waals surface area contributed by atoms with E-state index in [2.05, 4.69) is 10.6 Å². The average molecular weight is 198 g/mol. The molecule has 1 aliphatic carbocycles. The Morgan fingerprint density at radius 3 is 2.57 bits per heavy atom. The zero-order valence-corrected chi connectivity index (χ0v) is 9.02. The molecule has 1 amide bonds. The van der Waals surface area contributed by atoms with Crippen molar-refractivity contribution in [2.45, 2.75) is 50.8 Å². The molecule has 3 fully saturated rings. The lowest BCUT2D eigenvalue weighted by molar-refractivity contribution is 0.0427. The van der Waals surface area contributed by atoms with Crippen molar-refractivity contribution >= 4 is 6.09 Å². The SMILES string of the molecule is CC(C)(C)OC(=O)NC12CNC(C1)C2. The van der Waals surface area contributed by atoms with Crippen LogP contribution < -0.4 is 10.6 Å². The summed E-state index contributed by atoms with van der Waals surface area (Å²) in [7, 11) is 0. The number of amides is 1. The molecule has 14 heavy (non-hydrogen) atoms. The predicted octanol–water partition coefficient (Wildman–Crippen LogP) is 1.02. The van der Waals surface area contributed by atoms with Gasteiger partial charge in [-0.15, -0.1) is 0 Å². The number of carbonyl (C=O) groups excluding carboxylic acids is 1. The van der Waals surface area contributed by atoms with Crippen LogP contribution in [0.3, 0.4) is 0 Å². The highest BCUT2D eigenvalue weighted by Gasteiger charge is 2.51. The largest absolute Gasteiger partial charge is 0.444 e. The van der Waals surface area contributed by atoms with Crippen molar-refractivity contribution in [3.05, 3.63) is 0 Å². The number of carbonyl (C=O) groups is 1. The van der Waals surface area contributed by atoms with Crippen LogP contribution in [0.4, 0.5) is 4.79 Å². The maximum atomic E-state index is 11.5. The summed E-state index contributed by atoms with van der Waals surface area (Å²) in [4.78, 5) is 11.5. The first-order valence-corrected chi connectivity index (χ1v) is 5.13. The Labute approximate surface area is 84.4 Å². The molecular formula is C10H18N2O2. The van der Waals surface area contributed by atoms with Gasteiger partial charge in [0.1, 0.15) is 5.60 Å². The lowest BCUT2D eigenvalue weighted by atomic mass is 9.78. The third-order valence-corrected chi connectivity index (χ3v) is 2.77. The van der Waals surface area contributed by atoms with Gasteiger partial charge >= 0.3 is 6.09 Å². The third kappa shape index (κ3) is 1.85. The molecule has 4 heteroatoms. The number of rotatable bonds is 1. The monoisotopic (exact) mass is 198 g/mol. The summed E-state index contributed by atoms with van der Waals surface area (Å²) in [6.07, 6.45) is 1.80. The van der Waals surface area contributed by atoms with Crippen LogP contribution in [0.5, 0.6) is 0 Å². The van der Waals surface area contributed by atoms with Crippen LogP contribution in [0.25, 0.3) is 0 Å².